The van der Waals surface area contributed by atoms with E-state index in [4.69, 9.17) is 22.1 Å². The second-order valence-corrected chi connectivity index (χ2v) is 5.31. The normalized spacial score (nSPS) is 13.2. The van der Waals surface area contributed by atoms with Gasteiger partial charge >= 0.3 is 5.97 Å². The van der Waals surface area contributed by atoms with Crippen molar-refractivity contribution in [2.75, 3.05) is 6.54 Å². The standard InChI is InChI=1S/C13H18ClNO2/c1-13(2,3)17-12(16)11(8-15)9-5-4-6-10(14)7-9/h4-7,11H,8,15H2,1-3H3. The monoisotopic (exact) mass is 255 g/mol. The highest BCUT2D eigenvalue weighted by Crippen LogP contribution is 2.22. The molecule has 0 fully saturated rings. The number of esters is 1. The molecule has 1 atom stereocenters. The maximum atomic E-state index is 12.0. The van der Waals surface area contributed by atoms with Crippen LogP contribution in [0.4, 0.5) is 0 Å². The molecule has 0 radical (unpaired) electrons. The van der Waals surface area contributed by atoms with Gasteiger partial charge in [0.05, 0.1) is 5.92 Å². The van der Waals surface area contributed by atoms with Crippen molar-refractivity contribution in [3.05, 3.63) is 34.9 Å². The minimum atomic E-state index is -0.511. The van der Waals surface area contributed by atoms with Gasteiger partial charge in [0.1, 0.15) is 5.60 Å². The number of carbonyl (C=O) groups is 1. The van der Waals surface area contributed by atoms with Crippen LogP contribution in [0, 0.1) is 0 Å². The third-order valence-corrected chi connectivity index (χ3v) is 2.41. The van der Waals surface area contributed by atoms with E-state index in [1.807, 2.05) is 26.8 Å². The van der Waals surface area contributed by atoms with Crippen molar-refractivity contribution in [3.63, 3.8) is 0 Å². The zero-order chi connectivity index (χ0) is 13.1. The Morgan fingerprint density at radius 2 is 2.12 bits per heavy atom. The van der Waals surface area contributed by atoms with Crippen LogP contribution in [-0.2, 0) is 9.53 Å². The largest absolute Gasteiger partial charge is 0.459 e. The quantitative estimate of drug-likeness (QED) is 0.845. The Labute approximate surface area is 107 Å². The van der Waals surface area contributed by atoms with Gasteiger partial charge in [0.15, 0.2) is 0 Å². The fourth-order valence-electron chi connectivity index (χ4n) is 1.46. The molecule has 0 aliphatic heterocycles. The number of hydrogen-bond donors (Lipinski definition) is 1. The lowest BCUT2D eigenvalue weighted by molar-refractivity contribution is -0.156. The van der Waals surface area contributed by atoms with E-state index in [0.29, 0.717) is 5.02 Å². The predicted octanol–water partition coefficient (Wildman–Crippen LogP) is 2.72. The summed E-state index contributed by atoms with van der Waals surface area (Å²) in [7, 11) is 0. The molecule has 0 spiro atoms. The van der Waals surface area contributed by atoms with Crippen molar-refractivity contribution in [2.24, 2.45) is 5.73 Å². The molecule has 0 heterocycles. The van der Waals surface area contributed by atoms with Gasteiger partial charge in [-0.1, -0.05) is 23.7 Å². The average molecular weight is 256 g/mol. The van der Waals surface area contributed by atoms with Crippen molar-refractivity contribution in [3.8, 4) is 0 Å². The van der Waals surface area contributed by atoms with E-state index in [0.717, 1.165) is 5.56 Å². The predicted molar refractivity (Wildman–Crippen MR) is 69.1 cm³/mol. The van der Waals surface area contributed by atoms with Crippen LogP contribution in [0.5, 0.6) is 0 Å². The van der Waals surface area contributed by atoms with Crippen LogP contribution in [0.3, 0.4) is 0 Å². The van der Waals surface area contributed by atoms with Gasteiger partial charge in [-0.2, -0.15) is 0 Å². The number of carbonyl (C=O) groups excluding carboxylic acids is 1. The molecule has 0 saturated carbocycles. The molecule has 0 saturated heterocycles. The van der Waals surface area contributed by atoms with Crippen LogP contribution >= 0.6 is 11.6 Å². The Morgan fingerprint density at radius 1 is 1.47 bits per heavy atom. The van der Waals surface area contributed by atoms with Crippen LogP contribution in [0.15, 0.2) is 24.3 Å². The van der Waals surface area contributed by atoms with Crippen LogP contribution in [0.25, 0.3) is 0 Å². The fourth-order valence-corrected chi connectivity index (χ4v) is 1.66. The van der Waals surface area contributed by atoms with E-state index in [9.17, 15) is 4.79 Å². The molecule has 0 aromatic heterocycles. The van der Waals surface area contributed by atoms with Gasteiger partial charge in [0, 0.05) is 11.6 Å². The zero-order valence-electron chi connectivity index (χ0n) is 10.4. The van der Waals surface area contributed by atoms with Crippen molar-refractivity contribution in [2.45, 2.75) is 32.3 Å². The summed E-state index contributed by atoms with van der Waals surface area (Å²) in [5.41, 5.74) is 5.91. The van der Waals surface area contributed by atoms with Gasteiger partial charge in [0.2, 0.25) is 0 Å². The minimum Gasteiger partial charge on any atom is -0.459 e. The van der Waals surface area contributed by atoms with Gasteiger partial charge < -0.3 is 10.5 Å². The molecule has 1 aromatic carbocycles. The molecule has 2 N–H and O–H groups in total. The summed E-state index contributed by atoms with van der Waals surface area (Å²) in [4.78, 5) is 12.0. The topological polar surface area (TPSA) is 52.3 Å². The van der Waals surface area contributed by atoms with Gasteiger partial charge in [-0.05, 0) is 38.5 Å². The summed E-state index contributed by atoms with van der Waals surface area (Å²) in [5.74, 6) is -0.782. The van der Waals surface area contributed by atoms with Crippen molar-refractivity contribution in [1.82, 2.24) is 0 Å². The minimum absolute atomic E-state index is 0.204. The highest BCUT2D eigenvalue weighted by Gasteiger charge is 2.25. The van der Waals surface area contributed by atoms with Gasteiger partial charge in [-0.3, -0.25) is 4.79 Å². The number of rotatable bonds is 3. The number of halogens is 1. The Hall–Kier alpha value is -1.06. The van der Waals surface area contributed by atoms with E-state index in [2.05, 4.69) is 0 Å². The fraction of sp³-hybridized carbons (Fsp3) is 0.462. The molecule has 1 aromatic rings. The summed E-state index contributed by atoms with van der Waals surface area (Å²) >= 11 is 5.89. The van der Waals surface area contributed by atoms with Crippen molar-refractivity contribution < 1.29 is 9.53 Å². The van der Waals surface area contributed by atoms with E-state index < -0.39 is 11.5 Å². The first-order valence-electron chi connectivity index (χ1n) is 5.52. The molecule has 17 heavy (non-hydrogen) atoms. The molecule has 0 amide bonds. The maximum absolute atomic E-state index is 12.0. The van der Waals surface area contributed by atoms with E-state index >= 15 is 0 Å². The maximum Gasteiger partial charge on any atom is 0.315 e. The highest BCUT2D eigenvalue weighted by atomic mass is 35.5. The number of benzene rings is 1. The molecule has 94 valence electrons. The summed E-state index contributed by atoms with van der Waals surface area (Å²) in [5, 5.41) is 0.588. The van der Waals surface area contributed by atoms with E-state index in [1.165, 1.54) is 0 Å². The first-order valence-corrected chi connectivity index (χ1v) is 5.89. The highest BCUT2D eigenvalue weighted by molar-refractivity contribution is 6.30. The van der Waals surface area contributed by atoms with Crippen LogP contribution in [-0.4, -0.2) is 18.1 Å². The average Bonchev–Trinajstić information content (AvgIpc) is 2.15. The summed E-state index contributed by atoms with van der Waals surface area (Å²) in [6.07, 6.45) is 0. The molecule has 0 bridgehead atoms. The summed E-state index contributed by atoms with van der Waals surface area (Å²) in [6.45, 7) is 5.69. The van der Waals surface area contributed by atoms with Gasteiger partial charge in [0.25, 0.3) is 0 Å². The third kappa shape index (κ3) is 4.36. The molecule has 1 rings (SSSR count). The Balaban J connectivity index is 2.88. The number of hydrogen-bond acceptors (Lipinski definition) is 3. The molecular formula is C13H18ClNO2. The lowest BCUT2D eigenvalue weighted by Crippen LogP contribution is -2.31. The first-order chi connectivity index (χ1) is 7.83. The van der Waals surface area contributed by atoms with Gasteiger partial charge in [-0.15, -0.1) is 0 Å². The van der Waals surface area contributed by atoms with E-state index in [1.54, 1.807) is 18.2 Å². The Morgan fingerprint density at radius 3 is 2.59 bits per heavy atom. The number of nitrogens with two attached hydrogens (primary N) is 1. The van der Waals surface area contributed by atoms with E-state index in [-0.39, 0.29) is 12.5 Å². The molecular weight excluding hydrogens is 238 g/mol. The molecule has 4 heteroatoms. The van der Waals surface area contributed by atoms with Crippen molar-refractivity contribution in [1.29, 1.82) is 0 Å². The van der Waals surface area contributed by atoms with Crippen molar-refractivity contribution >= 4 is 17.6 Å². The van der Waals surface area contributed by atoms with Crippen LogP contribution in [0.1, 0.15) is 32.3 Å². The summed E-state index contributed by atoms with van der Waals surface area (Å²) < 4.78 is 5.32. The van der Waals surface area contributed by atoms with Gasteiger partial charge in [-0.25, -0.2) is 0 Å². The number of ether oxygens (including phenoxy) is 1. The van der Waals surface area contributed by atoms with Crippen LogP contribution < -0.4 is 5.73 Å². The lowest BCUT2D eigenvalue weighted by atomic mass is 9.99. The first kappa shape index (κ1) is 14.0. The smallest absolute Gasteiger partial charge is 0.315 e. The Bertz CT molecular complexity index is 399. The lowest BCUT2D eigenvalue weighted by Gasteiger charge is -2.23. The molecule has 0 aliphatic carbocycles. The second-order valence-electron chi connectivity index (χ2n) is 4.88. The second kappa shape index (κ2) is 5.52. The molecule has 0 aliphatic rings. The molecule has 1 unspecified atom stereocenters. The SMILES string of the molecule is CC(C)(C)OC(=O)C(CN)c1cccc(Cl)c1. The van der Waals surface area contributed by atoms with Crippen LogP contribution in [0.2, 0.25) is 5.02 Å². The zero-order valence-corrected chi connectivity index (χ0v) is 11.1. The molecule has 3 nitrogen and oxygen atoms in total. The third-order valence-electron chi connectivity index (χ3n) is 2.18. The Kier molecular flexibility index (Phi) is 4.54. The summed E-state index contributed by atoms with van der Waals surface area (Å²) in [6, 6.07) is 7.12.